The minimum absolute atomic E-state index is 0.0259. The Morgan fingerprint density at radius 3 is 2.84 bits per heavy atom. The molecule has 1 amide bonds. The lowest BCUT2D eigenvalue weighted by Crippen LogP contribution is -2.26. The zero-order chi connectivity index (χ0) is 13.8. The summed E-state index contributed by atoms with van der Waals surface area (Å²) in [5.74, 6) is -0.0935. The van der Waals surface area contributed by atoms with Gasteiger partial charge in [-0.2, -0.15) is 0 Å². The lowest BCUT2D eigenvalue weighted by atomic mass is 10.1. The molecular formula is C13H16F2N2O2. The molecule has 104 valence electrons. The first kappa shape index (κ1) is 13.7. The fraction of sp³-hybridized carbons (Fsp3) is 0.462. The van der Waals surface area contributed by atoms with Gasteiger partial charge in [-0.15, -0.1) is 0 Å². The van der Waals surface area contributed by atoms with Gasteiger partial charge >= 0.3 is 0 Å². The number of nitrogen functional groups attached to an aromatic ring is 1. The molecule has 1 aromatic carbocycles. The van der Waals surface area contributed by atoms with Gasteiger partial charge in [0.15, 0.2) is 0 Å². The number of carbonyl (C=O) groups excluding carboxylic acids is 1. The lowest BCUT2D eigenvalue weighted by Gasteiger charge is -2.15. The number of rotatable bonds is 5. The van der Waals surface area contributed by atoms with Crippen molar-refractivity contribution in [2.24, 2.45) is 0 Å². The summed E-state index contributed by atoms with van der Waals surface area (Å²) in [6.45, 7) is 0.472. The second kappa shape index (κ2) is 5.97. The molecule has 0 radical (unpaired) electrons. The van der Waals surface area contributed by atoms with E-state index in [1.165, 1.54) is 0 Å². The van der Waals surface area contributed by atoms with Crippen molar-refractivity contribution in [2.75, 3.05) is 18.9 Å². The molecule has 2 rings (SSSR count). The van der Waals surface area contributed by atoms with E-state index in [4.69, 9.17) is 10.5 Å². The fourth-order valence-electron chi connectivity index (χ4n) is 2.08. The van der Waals surface area contributed by atoms with Gasteiger partial charge in [0.05, 0.1) is 13.0 Å². The maximum atomic E-state index is 11.9. The summed E-state index contributed by atoms with van der Waals surface area (Å²) >= 11 is 0. The molecule has 0 bridgehead atoms. The number of ether oxygens (including phenoxy) is 1. The number of carbonyl (C=O) groups is 1. The van der Waals surface area contributed by atoms with Crippen LogP contribution in [0.2, 0.25) is 0 Å². The van der Waals surface area contributed by atoms with E-state index in [0.29, 0.717) is 18.8 Å². The number of fused-ring (bicyclic) bond motifs is 1. The molecule has 0 unspecified atom stereocenters. The van der Waals surface area contributed by atoms with Gasteiger partial charge in [0.25, 0.3) is 6.43 Å². The number of hydrogen-bond donors (Lipinski definition) is 1. The largest absolute Gasteiger partial charge is 0.399 e. The van der Waals surface area contributed by atoms with E-state index in [1.54, 1.807) is 11.0 Å². The van der Waals surface area contributed by atoms with Crippen molar-refractivity contribution < 1.29 is 18.3 Å². The van der Waals surface area contributed by atoms with Crippen molar-refractivity contribution in [3.63, 3.8) is 0 Å². The minimum Gasteiger partial charge on any atom is -0.399 e. The molecule has 1 heterocycles. The highest BCUT2D eigenvalue weighted by Crippen LogP contribution is 2.25. The maximum absolute atomic E-state index is 11.9. The highest BCUT2D eigenvalue weighted by Gasteiger charge is 2.22. The van der Waals surface area contributed by atoms with Crippen molar-refractivity contribution in [3.05, 3.63) is 29.3 Å². The fourth-order valence-corrected chi connectivity index (χ4v) is 2.08. The van der Waals surface area contributed by atoms with Crippen molar-refractivity contribution in [3.8, 4) is 0 Å². The number of hydrogen-bond acceptors (Lipinski definition) is 3. The molecule has 4 nitrogen and oxygen atoms in total. The molecule has 0 atom stereocenters. The Hall–Kier alpha value is -1.69. The van der Waals surface area contributed by atoms with Crippen LogP contribution < -0.4 is 5.73 Å². The Kier molecular flexibility index (Phi) is 4.31. The average molecular weight is 270 g/mol. The average Bonchev–Trinajstić information content (AvgIpc) is 2.77. The van der Waals surface area contributed by atoms with Crippen molar-refractivity contribution >= 4 is 11.6 Å². The Bertz CT molecular complexity index is 466. The molecule has 0 spiro atoms. The second-order valence-corrected chi connectivity index (χ2v) is 4.49. The third kappa shape index (κ3) is 3.64. The van der Waals surface area contributed by atoms with Crippen LogP contribution in [-0.4, -0.2) is 30.4 Å². The number of nitrogens with two attached hydrogens (primary N) is 1. The van der Waals surface area contributed by atoms with Gasteiger partial charge in [-0.05, 0) is 23.3 Å². The van der Waals surface area contributed by atoms with Crippen LogP contribution in [0.3, 0.4) is 0 Å². The lowest BCUT2D eigenvalue weighted by molar-refractivity contribution is -0.133. The monoisotopic (exact) mass is 270 g/mol. The Labute approximate surface area is 110 Å². The molecule has 0 aromatic heterocycles. The van der Waals surface area contributed by atoms with Gasteiger partial charge in [-0.25, -0.2) is 8.78 Å². The first-order chi connectivity index (χ1) is 9.06. The van der Waals surface area contributed by atoms with Crippen LogP contribution in [0, 0.1) is 0 Å². The van der Waals surface area contributed by atoms with Crippen LogP contribution >= 0.6 is 0 Å². The van der Waals surface area contributed by atoms with Gasteiger partial charge in [-0.3, -0.25) is 4.79 Å². The zero-order valence-electron chi connectivity index (χ0n) is 10.4. The predicted molar refractivity (Wildman–Crippen MR) is 66.5 cm³/mol. The third-order valence-corrected chi connectivity index (χ3v) is 3.01. The molecule has 2 N–H and O–H groups in total. The smallest absolute Gasteiger partial charge is 0.261 e. The van der Waals surface area contributed by atoms with Crippen LogP contribution in [0.1, 0.15) is 17.5 Å². The van der Waals surface area contributed by atoms with Crippen molar-refractivity contribution in [1.29, 1.82) is 0 Å². The van der Waals surface area contributed by atoms with Gasteiger partial charge in [0.1, 0.15) is 6.61 Å². The molecule has 1 aliphatic heterocycles. The van der Waals surface area contributed by atoms with Crippen LogP contribution in [0.15, 0.2) is 18.2 Å². The normalized spacial score (nSPS) is 13.9. The van der Waals surface area contributed by atoms with Crippen LogP contribution in [-0.2, 0) is 22.6 Å². The summed E-state index contributed by atoms with van der Waals surface area (Å²) in [6, 6.07) is 5.57. The number of alkyl halides is 2. The first-order valence-electron chi connectivity index (χ1n) is 6.07. The molecular weight excluding hydrogens is 254 g/mol. The summed E-state index contributed by atoms with van der Waals surface area (Å²) in [7, 11) is 0. The number of amides is 1. The van der Waals surface area contributed by atoms with E-state index in [-0.39, 0.29) is 18.9 Å². The van der Waals surface area contributed by atoms with E-state index < -0.39 is 13.0 Å². The molecule has 19 heavy (non-hydrogen) atoms. The Morgan fingerprint density at radius 2 is 2.11 bits per heavy atom. The van der Waals surface area contributed by atoms with Gasteiger partial charge in [-0.1, -0.05) is 6.07 Å². The first-order valence-corrected chi connectivity index (χ1v) is 6.07. The number of halogens is 2. The molecule has 1 aromatic rings. The molecule has 6 heteroatoms. The predicted octanol–water partition coefficient (Wildman–Crippen LogP) is 1.78. The Balaban J connectivity index is 1.80. The summed E-state index contributed by atoms with van der Waals surface area (Å²) in [4.78, 5) is 13.5. The minimum atomic E-state index is -2.49. The number of benzene rings is 1. The van der Waals surface area contributed by atoms with E-state index in [2.05, 4.69) is 0 Å². The van der Waals surface area contributed by atoms with E-state index in [0.717, 1.165) is 11.1 Å². The standard InChI is InChI=1S/C13H16F2N2O2/c14-12(15)8-19-4-3-13(18)17-6-9-1-2-11(16)5-10(9)7-17/h1-2,5,12H,3-4,6-8,16H2. The van der Waals surface area contributed by atoms with E-state index >= 15 is 0 Å². The van der Waals surface area contributed by atoms with E-state index in [1.807, 2.05) is 12.1 Å². The van der Waals surface area contributed by atoms with Gasteiger partial charge < -0.3 is 15.4 Å². The second-order valence-electron chi connectivity index (χ2n) is 4.49. The molecule has 0 saturated heterocycles. The van der Waals surface area contributed by atoms with Gasteiger partial charge in [0, 0.05) is 18.8 Å². The summed E-state index contributed by atoms with van der Waals surface area (Å²) in [5, 5.41) is 0. The van der Waals surface area contributed by atoms with E-state index in [9.17, 15) is 13.6 Å². The maximum Gasteiger partial charge on any atom is 0.261 e. The number of anilines is 1. The third-order valence-electron chi connectivity index (χ3n) is 3.01. The van der Waals surface area contributed by atoms with Crippen molar-refractivity contribution in [1.82, 2.24) is 4.90 Å². The SMILES string of the molecule is Nc1ccc2c(c1)CN(C(=O)CCOCC(F)F)C2. The van der Waals surface area contributed by atoms with Gasteiger partial charge in [0.2, 0.25) is 5.91 Å². The van der Waals surface area contributed by atoms with Crippen LogP contribution in [0.4, 0.5) is 14.5 Å². The summed E-state index contributed by atoms with van der Waals surface area (Å²) < 4.78 is 28.4. The summed E-state index contributed by atoms with van der Waals surface area (Å²) in [6.07, 6.45) is -2.37. The summed E-state index contributed by atoms with van der Waals surface area (Å²) in [5.41, 5.74) is 8.48. The molecule has 1 aliphatic rings. The van der Waals surface area contributed by atoms with Crippen LogP contribution in [0.5, 0.6) is 0 Å². The Morgan fingerprint density at radius 1 is 1.37 bits per heavy atom. The quantitative estimate of drug-likeness (QED) is 0.655. The highest BCUT2D eigenvalue weighted by atomic mass is 19.3. The number of nitrogens with zero attached hydrogens (tertiary/aromatic N) is 1. The van der Waals surface area contributed by atoms with Crippen LogP contribution in [0.25, 0.3) is 0 Å². The topological polar surface area (TPSA) is 55.6 Å². The zero-order valence-corrected chi connectivity index (χ0v) is 10.4. The highest BCUT2D eigenvalue weighted by molar-refractivity contribution is 5.77. The van der Waals surface area contributed by atoms with Crippen molar-refractivity contribution in [2.45, 2.75) is 25.9 Å². The molecule has 0 aliphatic carbocycles. The molecule has 0 saturated carbocycles. The molecule has 0 fully saturated rings.